The summed E-state index contributed by atoms with van der Waals surface area (Å²) in [5.74, 6) is -2.80. The Bertz CT molecular complexity index is 499. The first-order valence-electron chi connectivity index (χ1n) is 6.08. The Morgan fingerprint density at radius 3 is 2.29 bits per heavy atom. The van der Waals surface area contributed by atoms with Gasteiger partial charge in [0.15, 0.2) is 0 Å². The van der Waals surface area contributed by atoms with Crippen molar-refractivity contribution in [1.29, 1.82) is 0 Å². The Morgan fingerprint density at radius 2 is 1.86 bits per heavy atom. The van der Waals surface area contributed by atoms with Gasteiger partial charge >= 0.3 is 18.1 Å². The van der Waals surface area contributed by atoms with Crippen molar-refractivity contribution in [3.8, 4) is 5.75 Å². The van der Waals surface area contributed by atoms with E-state index < -0.39 is 24.1 Å². The average molecular weight is 305 g/mol. The molecule has 116 valence electrons. The van der Waals surface area contributed by atoms with Crippen LogP contribution in [0.25, 0.3) is 0 Å². The lowest BCUT2D eigenvalue weighted by Gasteiger charge is -2.18. The molecule has 21 heavy (non-hydrogen) atoms. The number of carboxylic acids is 1. The number of carboxylic acid groups (broad SMARTS) is 1. The highest BCUT2D eigenvalue weighted by molar-refractivity contribution is 5.87. The zero-order valence-electron chi connectivity index (χ0n) is 11.1. The van der Waals surface area contributed by atoms with Gasteiger partial charge in [-0.2, -0.15) is 13.2 Å². The van der Waals surface area contributed by atoms with Crippen LogP contribution in [0.2, 0.25) is 0 Å². The third-order valence-electron chi connectivity index (χ3n) is 2.64. The lowest BCUT2D eigenvalue weighted by atomic mass is 10.2. The Labute approximate surface area is 118 Å². The summed E-state index contributed by atoms with van der Waals surface area (Å²) in [4.78, 5) is 21.5. The highest BCUT2D eigenvalue weighted by Gasteiger charge is 2.39. The van der Waals surface area contributed by atoms with Crippen molar-refractivity contribution in [3.63, 3.8) is 0 Å². The van der Waals surface area contributed by atoms with Gasteiger partial charge in [0.1, 0.15) is 12.4 Å². The molecule has 0 spiro atoms. The van der Waals surface area contributed by atoms with Crippen LogP contribution >= 0.6 is 0 Å². The van der Waals surface area contributed by atoms with E-state index >= 15 is 0 Å². The van der Waals surface area contributed by atoms with E-state index in [9.17, 15) is 22.8 Å². The molecule has 0 fully saturated rings. The molecule has 0 aromatic heterocycles. The number of hydrogen-bond donors (Lipinski definition) is 2. The second kappa shape index (κ2) is 6.96. The van der Waals surface area contributed by atoms with Gasteiger partial charge in [-0.05, 0) is 30.7 Å². The third-order valence-corrected chi connectivity index (χ3v) is 2.64. The van der Waals surface area contributed by atoms with E-state index in [4.69, 9.17) is 9.84 Å². The molecule has 8 heteroatoms. The number of carbonyl (C=O) groups excluding carboxylic acids is 1. The molecular weight excluding hydrogens is 291 g/mol. The first kappa shape index (κ1) is 16.8. The molecule has 1 amide bonds. The normalized spacial score (nSPS) is 12.6. The highest BCUT2D eigenvalue weighted by atomic mass is 19.4. The van der Waals surface area contributed by atoms with Crippen molar-refractivity contribution in [1.82, 2.24) is 5.32 Å². The van der Waals surface area contributed by atoms with E-state index in [1.54, 1.807) is 6.92 Å². The minimum absolute atomic E-state index is 0.0692. The van der Waals surface area contributed by atoms with Gasteiger partial charge in [0.2, 0.25) is 0 Å². The van der Waals surface area contributed by atoms with Crippen molar-refractivity contribution in [2.24, 2.45) is 0 Å². The van der Waals surface area contributed by atoms with Crippen molar-refractivity contribution < 1.29 is 32.6 Å². The maximum absolute atomic E-state index is 12.1. The number of benzene rings is 1. The largest absolute Gasteiger partial charge is 0.491 e. The molecule has 5 nitrogen and oxygen atoms in total. The van der Waals surface area contributed by atoms with Crippen LogP contribution in [0.5, 0.6) is 5.75 Å². The lowest BCUT2D eigenvalue weighted by molar-refractivity contribution is -0.174. The molecule has 0 saturated heterocycles. The topological polar surface area (TPSA) is 75.6 Å². The Balaban J connectivity index is 2.55. The van der Waals surface area contributed by atoms with Crippen molar-refractivity contribution in [3.05, 3.63) is 29.8 Å². The van der Waals surface area contributed by atoms with Crippen LogP contribution in [0.1, 0.15) is 23.7 Å². The number of alkyl halides is 3. The van der Waals surface area contributed by atoms with Gasteiger partial charge in [-0.15, -0.1) is 0 Å². The SMILES string of the molecule is CCC(COc1ccc(C(=O)O)cc1)NC(=O)C(F)(F)F. The van der Waals surface area contributed by atoms with Gasteiger partial charge < -0.3 is 15.2 Å². The van der Waals surface area contributed by atoms with Crippen molar-refractivity contribution in [2.45, 2.75) is 25.6 Å². The number of hydrogen-bond acceptors (Lipinski definition) is 3. The summed E-state index contributed by atoms with van der Waals surface area (Å²) in [5, 5.41) is 10.5. The predicted molar refractivity (Wildman–Crippen MR) is 67.2 cm³/mol. The Kier molecular flexibility index (Phi) is 5.57. The molecule has 0 saturated carbocycles. The number of carbonyl (C=O) groups is 2. The maximum atomic E-state index is 12.1. The first-order chi connectivity index (χ1) is 9.74. The summed E-state index contributed by atoms with van der Waals surface area (Å²) in [6.45, 7) is 1.46. The molecule has 1 unspecified atom stereocenters. The van der Waals surface area contributed by atoms with Gasteiger partial charge in [-0.25, -0.2) is 4.79 Å². The summed E-state index contributed by atoms with van der Waals surface area (Å²) in [5.41, 5.74) is 0.0692. The van der Waals surface area contributed by atoms with Crippen LogP contribution in [0.15, 0.2) is 24.3 Å². The lowest BCUT2D eigenvalue weighted by Crippen LogP contribution is -2.45. The van der Waals surface area contributed by atoms with E-state index in [1.165, 1.54) is 24.3 Å². The van der Waals surface area contributed by atoms with Crippen LogP contribution in [0, 0.1) is 0 Å². The van der Waals surface area contributed by atoms with Crippen LogP contribution in [-0.4, -0.2) is 35.8 Å². The molecule has 1 aromatic rings. The summed E-state index contributed by atoms with van der Waals surface area (Å²) >= 11 is 0. The monoisotopic (exact) mass is 305 g/mol. The van der Waals surface area contributed by atoms with E-state index in [0.717, 1.165) is 0 Å². The van der Waals surface area contributed by atoms with E-state index in [-0.39, 0.29) is 18.6 Å². The fraction of sp³-hybridized carbons (Fsp3) is 0.385. The molecular formula is C13H14F3NO4. The standard InChI is InChI=1S/C13H14F3NO4/c1-2-9(17-12(20)13(14,15)16)7-21-10-5-3-8(4-6-10)11(18)19/h3-6,9H,2,7H2,1H3,(H,17,20)(H,18,19). The number of nitrogens with one attached hydrogen (secondary N) is 1. The zero-order chi connectivity index (χ0) is 16.0. The fourth-order valence-corrected chi connectivity index (χ4v) is 1.42. The summed E-state index contributed by atoms with van der Waals surface area (Å²) in [7, 11) is 0. The number of aromatic carboxylic acids is 1. The molecule has 0 aliphatic carbocycles. The van der Waals surface area contributed by atoms with Gasteiger partial charge in [-0.1, -0.05) is 6.92 Å². The van der Waals surface area contributed by atoms with Gasteiger partial charge in [0.25, 0.3) is 0 Å². The van der Waals surface area contributed by atoms with Crippen LogP contribution in [0.3, 0.4) is 0 Å². The van der Waals surface area contributed by atoms with Crippen molar-refractivity contribution in [2.75, 3.05) is 6.61 Å². The van der Waals surface area contributed by atoms with E-state index in [1.807, 2.05) is 5.32 Å². The highest BCUT2D eigenvalue weighted by Crippen LogP contribution is 2.16. The molecule has 1 atom stereocenters. The number of amides is 1. The molecule has 2 N–H and O–H groups in total. The van der Waals surface area contributed by atoms with Crippen LogP contribution < -0.4 is 10.1 Å². The molecule has 0 radical (unpaired) electrons. The van der Waals surface area contributed by atoms with Crippen molar-refractivity contribution >= 4 is 11.9 Å². The van der Waals surface area contributed by atoms with Gasteiger partial charge in [0.05, 0.1) is 11.6 Å². The smallest absolute Gasteiger partial charge is 0.471 e. The fourth-order valence-electron chi connectivity index (χ4n) is 1.42. The molecule has 1 aromatic carbocycles. The minimum atomic E-state index is -4.93. The average Bonchev–Trinajstić information content (AvgIpc) is 2.42. The first-order valence-corrected chi connectivity index (χ1v) is 6.08. The molecule has 0 aliphatic heterocycles. The maximum Gasteiger partial charge on any atom is 0.471 e. The zero-order valence-corrected chi connectivity index (χ0v) is 11.1. The quantitative estimate of drug-likeness (QED) is 0.845. The van der Waals surface area contributed by atoms with Crippen LogP contribution in [-0.2, 0) is 4.79 Å². The summed E-state index contributed by atoms with van der Waals surface area (Å²) in [6.07, 6.45) is -4.68. The van der Waals surface area contributed by atoms with E-state index in [2.05, 4.69) is 0 Å². The molecule has 0 heterocycles. The predicted octanol–water partition coefficient (Wildman–Crippen LogP) is 2.22. The second-order valence-electron chi connectivity index (χ2n) is 4.22. The number of halogens is 3. The van der Waals surface area contributed by atoms with Gasteiger partial charge in [0, 0.05) is 0 Å². The third kappa shape index (κ3) is 5.33. The summed E-state index contributed by atoms with van der Waals surface area (Å²) < 4.78 is 41.6. The number of rotatable bonds is 6. The van der Waals surface area contributed by atoms with E-state index in [0.29, 0.717) is 5.75 Å². The molecule has 0 bridgehead atoms. The van der Waals surface area contributed by atoms with Crippen LogP contribution in [0.4, 0.5) is 13.2 Å². The van der Waals surface area contributed by atoms with Gasteiger partial charge in [-0.3, -0.25) is 4.79 Å². The number of ether oxygens (including phenoxy) is 1. The molecule has 1 rings (SSSR count). The minimum Gasteiger partial charge on any atom is -0.491 e. The Hall–Kier alpha value is -2.25. The second-order valence-corrected chi connectivity index (χ2v) is 4.22. The summed E-state index contributed by atoms with van der Waals surface area (Å²) in [6, 6.07) is 4.61. The molecule has 0 aliphatic rings. The Morgan fingerprint density at radius 1 is 1.29 bits per heavy atom.